The summed E-state index contributed by atoms with van der Waals surface area (Å²) in [4.78, 5) is 26.5. The summed E-state index contributed by atoms with van der Waals surface area (Å²) in [6, 6.07) is 12.8. The van der Waals surface area contributed by atoms with E-state index in [2.05, 4.69) is 27.7 Å². The lowest BCUT2D eigenvalue weighted by Gasteiger charge is -2.11. The number of para-hydroxylation sites is 1. The highest BCUT2D eigenvalue weighted by Gasteiger charge is 2.12. The van der Waals surface area contributed by atoms with Gasteiger partial charge in [-0.25, -0.2) is 15.1 Å². The summed E-state index contributed by atoms with van der Waals surface area (Å²) in [5.74, 6) is 0.595. The average molecular weight is 341 g/mol. The van der Waals surface area contributed by atoms with Gasteiger partial charge in [0.1, 0.15) is 5.75 Å². The number of nitrogens with one attached hydrogen (secondary N) is 4. The Morgan fingerprint density at radius 3 is 2.56 bits per heavy atom. The maximum absolute atomic E-state index is 11.8. The normalized spacial score (nSPS) is 9.80. The number of aryl methyl sites for hydroxylation is 1. The summed E-state index contributed by atoms with van der Waals surface area (Å²) in [5.41, 5.74) is 6.35. The van der Waals surface area contributed by atoms with Gasteiger partial charge in [-0.05, 0) is 24.6 Å². The van der Waals surface area contributed by atoms with Gasteiger partial charge < -0.3 is 10.2 Å². The van der Waals surface area contributed by atoms with E-state index in [-0.39, 0.29) is 24.8 Å². The zero-order valence-corrected chi connectivity index (χ0v) is 14.0. The molecule has 1 aromatic heterocycles. The molecule has 0 fully saturated rings. The number of carbonyl (C=O) groups excluding carboxylic acids is 2. The molecule has 0 aliphatic carbocycles. The Balaban J connectivity index is 1.68. The number of hydrogen-bond acceptors (Lipinski definition) is 4. The second-order valence-electron chi connectivity index (χ2n) is 5.33. The van der Waals surface area contributed by atoms with Gasteiger partial charge in [-0.1, -0.05) is 30.8 Å². The van der Waals surface area contributed by atoms with Crippen molar-refractivity contribution in [2.24, 2.45) is 0 Å². The predicted molar refractivity (Wildman–Crippen MR) is 93.3 cm³/mol. The predicted octanol–water partition coefficient (Wildman–Crippen LogP) is 1.35. The van der Waals surface area contributed by atoms with Crippen molar-refractivity contribution in [2.45, 2.75) is 13.3 Å². The average Bonchev–Trinajstić information content (AvgIpc) is 2.60. The molecule has 0 atom stereocenters. The first-order valence-electron chi connectivity index (χ1n) is 7.72. The van der Waals surface area contributed by atoms with Crippen LogP contribution in [0.5, 0.6) is 5.75 Å². The third kappa shape index (κ3) is 6.34. The first-order chi connectivity index (χ1) is 12.0. The van der Waals surface area contributed by atoms with E-state index in [1.807, 2.05) is 31.2 Å². The topological polar surface area (TPSA) is 93.6 Å². The van der Waals surface area contributed by atoms with Gasteiger partial charge in [-0.2, -0.15) is 0 Å². The summed E-state index contributed by atoms with van der Waals surface area (Å²) in [6.07, 6.45) is 1.72. The molecule has 1 heterocycles. The summed E-state index contributed by atoms with van der Waals surface area (Å²) in [7, 11) is 0. The molecule has 25 heavy (non-hydrogen) atoms. The molecule has 0 spiro atoms. The summed E-state index contributed by atoms with van der Waals surface area (Å²) < 4.78 is 5.43. The minimum Gasteiger partial charge on any atom is -0.483 e. The van der Waals surface area contributed by atoms with E-state index in [9.17, 15) is 9.59 Å². The second-order valence-corrected chi connectivity index (χ2v) is 5.33. The molecule has 7 heteroatoms. The van der Waals surface area contributed by atoms with Gasteiger partial charge in [0.15, 0.2) is 6.61 Å². The standard InChI is InChI=1S/C18H20N4O3/c1-13-7-3-4-8-15(13)25-12-18(24)22-21-14(2)11-17(23)20-16-9-5-6-10-19-16/h3-10,21H,2,11-12H2,1H3,(H,22,24)(H,19,20,23)/p+1. The maximum atomic E-state index is 11.8. The number of ether oxygens (including phenoxy) is 1. The van der Waals surface area contributed by atoms with Gasteiger partial charge >= 0.3 is 5.91 Å². The van der Waals surface area contributed by atoms with E-state index >= 15 is 0 Å². The molecule has 7 nitrogen and oxygen atoms in total. The lowest BCUT2D eigenvalue weighted by Crippen LogP contribution is -2.40. The van der Waals surface area contributed by atoms with Crippen LogP contribution >= 0.6 is 0 Å². The van der Waals surface area contributed by atoms with Crippen LogP contribution in [0.25, 0.3) is 0 Å². The molecular weight excluding hydrogens is 320 g/mol. The van der Waals surface area contributed by atoms with Gasteiger partial charge in [0.25, 0.3) is 11.7 Å². The Hall–Kier alpha value is -3.35. The molecule has 0 saturated carbocycles. The highest BCUT2D eigenvalue weighted by molar-refractivity contribution is 5.90. The van der Waals surface area contributed by atoms with Crippen LogP contribution < -0.4 is 25.9 Å². The largest absolute Gasteiger partial charge is 0.483 e. The quantitative estimate of drug-likeness (QED) is 0.632. The number of H-pyrrole nitrogens is 1. The fourth-order valence-corrected chi connectivity index (χ4v) is 1.96. The van der Waals surface area contributed by atoms with Crippen molar-refractivity contribution < 1.29 is 19.3 Å². The van der Waals surface area contributed by atoms with Gasteiger partial charge in [-0.15, -0.1) is 0 Å². The number of hydrazine groups is 1. The van der Waals surface area contributed by atoms with Crippen molar-refractivity contribution >= 4 is 17.6 Å². The Morgan fingerprint density at radius 1 is 1.08 bits per heavy atom. The zero-order valence-electron chi connectivity index (χ0n) is 14.0. The number of carbonyl (C=O) groups is 2. The number of aromatic amines is 1. The highest BCUT2D eigenvalue weighted by atomic mass is 16.5. The number of aromatic nitrogens is 1. The molecule has 1 aromatic carbocycles. The minimum absolute atomic E-state index is 0.0155. The molecule has 2 rings (SSSR count). The van der Waals surface area contributed by atoms with E-state index < -0.39 is 0 Å². The SMILES string of the molecule is C=C(CC(=O)Nc1cccc[nH+]1)NNC(=O)COc1ccccc1C. The van der Waals surface area contributed by atoms with Crippen LogP contribution in [0.15, 0.2) is 60.9 Å². The maximum Gasteiger partial charge on any atom is 0.313 e. The van der Waals surface area contributed by atoms with Crippen LogP contribution in [-0.2, 0) is 9.59 Å². The first-order valence-corrected chi connectivity index (χ1v) is 7.72. The lowest BCUT2D eigenvalue weighted by molar-refractivity contribution is -0.360. The molecule has 0 radical (unpaired) electrons. The molecule has 130 valence electrons. The van der Waals surface area contributed by atoms with Crippen LogP contribution in [0.4, 0.5) is 5.82 Å². The van der Waals surface area contributed by atoms with Gasteiger partial charge in [-0.3, -0.25) is 10.2 Å². The monoisotopic (exact) mass is 341 g/mol. The third-order valence-electron chi connectivity index (χ3n) is 3.19. The number of pyridine rings is 1. The van der Waals surface area contributed by atoms with Crippen molar-refractivity contribution in [1.29, 1.82) is 0 Å². The fraction of sp³-hybridized carbons (Fsp3) is 0.167. The zero-order chi connectivity index (χ0) is 18.1. The molecule has 0 bridgehead atoms. The fourth-order valence-electron chi connectivity index (χ4n) is 1.96. The van der Waals surface area contributed by atoms with Crippen LogP contribution in [0.3, 0.4) is 0 Å². The van der Waals surface area contributed by atoms with Gasteiger partial charge in [0, 0.05) is 11.8 Å². The first kappa shape index (κ1) is 18.0. The third-order valence-corrected chi connectivity index (χ3v) is 3.19. The Labute approximate surface area is 146 Å². The van der Waals surface area contributed by atoms with Gasteiger partial charge in [0.2, 0.25) is 0 Å². The van der Waals surface area contributed by atoms with E-state index in [4.69, 9.17) is 4.74 Å². The Bertz CT molecular complexity index is 747. The number of anilines is 1. The van der Waals surface area contributed by atoms with Crippen molar-refractivity contribution in [3.05, 3.63) is 66.5 Å². The second kappa shape index (κ2) is 9.07. The van der Waals surface area contributed by atoms with E-state index in [1.165, 1.54) is 0 Å². The molecule has 0 unspecified atom stereocenters. The number of hydrogen-bond donors (Lipinski definition) is 3. The highest BCUT2D eigenvalue weighted by Crippen LogP contribution is 2.15. The summed E-state index contributed by atoms with van der Waals surface area (Å²) in [6.45, 7) is 5.46. The Kier molecular flexibility index (Phi) is 6.53. The van der Waals surface area contributed by atoms with Crippen molar-refractivity contribution in [3.8, 4) is 5.75 Å². The molecule has 0 aliphatic heterocycles. The number of amides is 2. The Morgan fingerprint density at radius 2 is 1.84 bits per heavy atom. The van der Waals surface area contributed by atoms with Crippen molar-refractivity contribution in [3.63, 3.8) is 0 Å². The molecule has 0 aliphatic rings. The van der Waals surface area contributed by atoms with E-state index in [0.717, 1.165) is 5.56 Å². The van der Waals surface area contributed by atoms with Crippen LogP contribution in [0.2, 0.25) is 0 Å². The van der Waals surface area contributed by atoms with Gasteiger partial charge in [0.05, 0.1) is 12.6 Å². The molecule has 0 saturated heterocycles. The number of rotatable bonds is 8. The molecule has 2 amide bonds. The smallest absolute Gasteiger partial charge is 0.313 e. The molecule has 4 N–H and O–H groups in total. The minimum atomic E-state index is -0.374. The van der Waals surface area contributed by atoms with Crippen LogP contribution in [0, 0.1) is 6.92 Å². The molecule has 2 aromatic rings. The van der Waals surface area contributed by atoms with Crippen molar-refractivity contribution in [1.82, 2.24) is 10.9 Å². The summed E-state index contributed by atoms with van der Waals surface area (Å²) >= 11 is 0. The summed E-state index contributed by atoms with van der Waals surface area (Å²) in [5, 5.41) is 2.68. The van der Waals surface area contributed by atoms with Crippen LogP contribution in [0.1, 0.15) is 12.0 Å². The van der Waals surface area contributed by atoms with E-state index in [0.29, 0.717) is 17.3 Å². The molecular formula is C18H21N4O3+. The van der Waals surface area contributed by atoms with E-state index in [1.54, 1.807) is 24.4 Å². The van der Waals surface area contributed by atoms with Crippen LogP contribution in [-0.4, -0.2) is 18.4 Å². The number of benzene rings is 1. The lowest BCUT2D eigenvalue weighted by atomic mass is 10.2. The van der Waals surface area contributed by atoms with Crippen molar-refractivity contribution in [2.75, 3.05) is 11.9 Å².